The third-order valence-electron chi connectivity index (χ3n) is 5.79. The number of carbonyl (C=O) groups excluding carboxylic acids is 4. The van der Waals surface area contributed by atoms with E-state index < -0.39 is 24.9 Å². The Labute approximate surface area is 225 Å². The molecule has 0 spiro atoms. The molecular formula is C26H33N7O6. The van der Waals surface area contributed by atoms with Crippen molar-refractivity contribution in [3.8, 4) is 0 Å². The lowest BCUT2D eigenvalue weighted by Gasteiger charge is -2.24. The molecule has 0 saturated heterocycles. The van der Waals surface area contributed by atoms with Crippen LogP contribution in [0.4, 0.5) is 16.3 Å². The summed E-state index contributed by atoms with van der Waals surface area (Å²) in [6.45, 7) is 8.85. The Morgan fingerprint density at radius 1 is 1.10 bits per heavy atom. The summed E-state index contributed by atoms with van der Waals surface area (Å²) in [5.41, 5.74) is 7.97. The van der Waals surface area contributed by atoms with Gasteiger partial charge in [0.1, 0.15) is 17.9 Å². The molecule has 0 aliphatic heterocycles. The predicted molar refractivity (Wildman–Crippen MR) is 143 cm³/mol. The van der Waals surface area contributed by atoms with E-state index >= 15 is 0 Å². The van der Waals surface area contributed by atoms with Crippen molar-refractivity contribution in [2.75, 3.05) is 24.8 Å². The smallest absolute Gasteiger partial charge is 0.423 e. The van der Waals surface area contributed by atoms with Crippen molar-refractivity contribution in [1.82, 2.24) is 25.2 Å². The van der Waals surface area contributed by atoms with Gasteiger partial charge >= 0.3 is 12.1 Å². The third kappa shape index (κ3) is 6.49. The first-order valence-electron chi connectivity index (χ1n) is 12.5. The molecule has 208 valence electrons. The molecule has 0 fully saturated rings. The van der Waals surface area contributed by atoms with Gasteiger partial charge in [-0.25, -0.2) is 19.2 Å². The maximum absolute atomic E-state index is 13.5. The lowest BCUT2D eigenvalue weighted by atomic mass is 10.1. The molecule has 0 bridgehead atoms. The highest BCUT2D eigenvalue weighted by Gasteiger charge is 2.29. The normalized spacial score (nSPS) is 11.5. The summed E-state index contributed by atoms with van der Waals surface area (Å²) in [6, 6.07) is 3.94. The van der Waals surface area contributed by atoms with Crippen LogP contribution in [0.5, 0.6) is 0 Å². The van der Waals surface area contributed by atoms with Crippen LogP contribution in [0.25, 0.3) is 5.52 Å². The number of aromatic nitrogens is 3. The molecule has 1 aromatic carbocycles. The van der Waals surface area contributed by atoms with E-state index in [0.29, 0.717) is 46.5 Å². The average Bonchev–Trinajstić information content (AvgIpc) is 3.25. The number of fused-ring (bicyclic) bond motifs is 1. The molecule has 13 heteroatoms. The molecule has 1 unspecified atom stereocenters. The summed E-state index contributed by atoms with van der Waals surface area (Å²) < 4.78 is 11.6. The lowest BCUT2D eigenvalue weighted by Crippen LogP contribution is -2.33. The summed E-state index contributed by atoms with van der Waals surface area (Å²) >= 11 is 0. The van der Waals surface area contributed by atoms with Gasteiger partial charge in [0.05, 0.1) is 11.3 Å². The lowest BCUT2D eigenvalue weighted by molar-refractivity contribution is -0.152. The molecule has 13 nitrogen and oxygen atoms in total. The molecule has 2 aromatic heterocycles. The number of ether oxygens (including phenoxy) is 2. The minimum absolute atomic E-state index is 0.0942. The number of nitrogens with one attached hydrogen (secondary N) is 2. The zero-order valence-corrected chi connectivity index (χ0v) is 22.6. The summed E-state index contributed by atoms with van der Waals surface area (Å²) in [7, 11) is 0. The minimum atomic E-state index is -0.943. The number of aryl methyl sites for hydroxylation is 2. The highest BCUT2D eigenvalue weighted by atomic mass is 16.7. The quantitative estimate of drug-likeness (QED) is 0.258. The largest absolute Gasteiger partial charge is 0.427 e. The predicted octanol–water partition coefficient (Wildman–Crippen LogP) is 2.36. The Bertz CT molecular complexity index is 1380. The van der Waals surface area contributed by atoms with Crippen LogP contribution in [0.2, 0.25) is 0 Å². The second-order valence-corrected chi connectivity index (χ2v) is 8.78. The molecule has 0 aliphatic rings. The van der Waals surface area contributed by atoms with Crippen molar-refractivity contribution >= 4 is 40.9 Å². The van der Waals surface area contributed by atoms with Gasteiger partial charge in [-0.05, 0) is 57.4 Å². The van der Waals surface area contributed by atoms with Crippen molar-refractivity contribution < 1.29 is 28.7 Å². The van der Waals surface area contributed by atoms with Gasteiger partial charge in [0.15, 0.2) is 5.82 Å². The summed E-state index contributed by atoms with van der Waals surface area (Å²) in [5, 5.41) is 9.78. The first-order chi connectivity index (χ1) is 18.6. The van der Waals surface area contributed by atoms with E-state index in [1.54, 1.807) is 39.1 Å². The van der Waals surface area contributed by atoms with Gasteiger partial charge in [0.2, 0.25) is 6.79 Å². The van der Waals surface area contributed by atoms with Crippen LogP contribution in [0.15, 0.2) is 30.7 Å². The van der Waals surface area contributed by atoms with Gasteiger partial charge in [-0.15, -0.1) is 0 Å². The molecule has 2 heterocycles. The fourth-order valence-corrected chi connectivity index (χ4v) is 3.75. The average molecular weight is 540 g/mol. The van der Waals surface area contributed by atoms with Gasteiger partial charge < -0.3 is 25.8 Å². The van der Waals surface area contributed by atoms with E-state index in [9.17, 15) is 19.2 Å². The topological polar surface area (TPSA) is 170 Å². The Morgan fingerprint density at radius 2 is 1.85 bits per heavy atom. The zero-order valence-electron chi connectivity index (χ0n) is 22.6. The number of nitrogens with two attached hydrogens (primary N) is 1. The zero-order chi connectivity index (χ0) is 28.7. The van der Waals surface area contributed by atoms with Crippen LogP contribution in [0.1, 0.15) is 59.0 Å². The van der Waals surface area contributed by atoms with E-state index in [1.165, 1.54) is 23.8 Å². The fraction of sp³-hybridized carbons (Fsp3) is 0.385. The van der Waals surface area contributed by atoms with Gasteiger partial charge in [0.25, 0.3) is 11.8 Å². The molecule has 0 radical (unpaired) electrons. The third-order valence-corrected chi connectivity index (χ3v) is 5.79. The van der Waals surface area contributed by atoms with Gasteiger partial charge in [-0.2, -0.15) is 5.10 Å². The maximum atomic E-state index is 13.5. The molecule has 1 atom stereocenters. The van der Waals surface area contributed by atoms with Gasteiger partial charge in [-0.1, -0.05) is 13.0 Å². The number of hydrogen-bond donors (Lipinski definition) is 3. The van der Waals surface area contributed by atoms with Crippen LogP contribution in [-0.2, 0) is 14.3 Å². The SMILES string of the molecule is CCCNC(=O)c1cn2ncnc(N(C(=O)OCOC(=O)C(C)N)c3cc(C(=O)NCC)ccc3C)c2c1C. The van der Waals surface area contributed by atoms with E-state index in [1.807, 2.05) is 6.92 Å². The summed E-state index contributed by atoms with van der Waals surface area (Å²) in [5.74, 6) is -1.29. The highest BCUT2D eigenvalue weighted by molar-refractivity contribution is 6.04. The van der Waals surface area contributed by atoms with Crippen molar-refractivity contribution in [3.05, 3.63) is 53.0 Å². The van der Waals surface area contributed by atoms with E-state index in [0.717, 1.165) is 11.3 Å². The Kier molecular flexibility index (Phi) is 9.55. The molecule has 0 aliphatic carbocycles. The van der Waals surface area contributed by atoms with Gasteiger partial charge in [0, 0.05) is 24.8 Å². The number of anilines is 2. The summed E-state index contributed by atoms with van der Waals surface area (Å²) in [4.78, 5) is 56.2. The number of rotatable bonds is 10. The molecule has 39 heavy (non-hydrogen) atoms. The van der Waals surface area contributed by atoms with Crippen molar-refractivity contribution in [1.29, 1.82) is 0 Å². The van der Waals surface area contributed by atoms with Crippen molar-refractivity contribution in [2.24, 2.45) is 5.73 Å². The first-order valence-corrected chi connectivity index (χ1v) is 12.5. The van der Waals surface area contributed by atoms with Crippen LogP contribution < -0.4 is 21.3 Å². The molecule has 4 N–H and O–H groups in total. The van der Waals surface area contributed by atoms with E-state index in [-0.39, 0.29) is 17.6 Å². The monoisotopic (exact) mass is 539 g/mol. The van der Waals surface area contributed by atoms with Crippen LogP contribution in [0, 0.1) is 13.8 Å². The van der Waals surface area contributed by atoms with Crippen molar-refractivity contribution in [2.45, 2.75) is 47.1 Å². The van der Waals surface area contributed by atoms with E-state index in [2.05, 4.69) is 20.7 Å². The molecule has 3 amide bonds. The summed E-state index contributed by atoms with van der Waals surface area (Å²) in [6.07, 6.45) is 2.60. The van der Waals surface area contributed by atoms with Crippen molar-refractivity contribution in [3.63, 3.8) is 0 Å². The number of carbonyl (C=O) groups is 4. The molecule has 0 saturated carbocycles. The van der Waals surface area contributed by atoms with E-state index in [4.69, 9.17) is 15.2 Å². The minimum Gasteiger partial charge on any atom is -0.427 e. The highest BCUT2D eigenvalue weighted by Crippen LogP contribution is 2.34. The first kappa shape index (κ1) is 29.0. The Morgan fingerprint density at radius 3 is 2.51 bits per heavy atom. The van der Waals surface area contributed by atoms with Crippen LogP contribution >= 0.6 is 0 Å². The number of esters is 1. The second-order valence-electron chi connectivity index (χ2n) is 8.78. The Balaban J connectivity index is 2.15. The number of benzene rings is 1. The van der Waals surface area contributed by atoms with Gasteiger partial charge in [-0.3, -0.25) is 14.4 Å². The molecular weight excluding hydrogens is 506 g/mol. The molecule has 3 aromatic rings. The fourth-order valence-electron chi connectivity index (χ4n) is 3.75. The number of hydrogen-bond acceptors (Lipinski definition) is 9. The van der Waals surface area contributed by atoms with Crippen LogP contribution in [-0.4, -0.2) is 64.4 Å². The standard InChI is InChI=1S/C26H33N7O6/c1-6-10-29-24(35)19-12-32-21(16(19)4)22(30-13-31-32)33(26(37)39-14-38-25(36)17(5)27)20-11-18(9-8-15(20)3)23(34)28-7-2/h8-9,11-13,17H,6-7,10,14,27H2,1-5H3,(H,28,34)(H,29,35). The number of nitrogens with zero attached hydrogens (tertiary/aromatic N) is 4. The Hall–Kier alpha value is -4.52. The number of amides is 3. The molecule has 3 rings (SSSR count). The van der Waals surface area contributed by atoms with Crippen LogP contribution in [0.3, 0.4) is 0 Å². The second kappa shape index (κ2) is 12.8. The maximum Gasteiger partial charge on any atom is 0.423 e.